The van der Waals surface area contributed by atoms with E-state index in [0.29, 0.717) is 4.48 Å². The van der Waals surface area contributed by atoms with Gasteiger partial charge in [-0.3, -0.25) is 4.48 Å². The Hall–Kier alpha value is -0.240. The van der Waals surface area contributed by atoms with Crippen molar-refractivity contribution in [3.63, 3.8) is 0 Å². The molecule has 2 unspecified atom stereocenters. The molecule has 0 amide bonds. The minimum Gasteiger partial charge on any atom is -0.590 e. The van der Waals surface area contributed by atoms with Crippen LogP contribution in [0.25, 0.3) is 0 Å². The second kappa shape index (κ2) is 22.0. The second-order valence-electron chi connectivity index (χ2n) is 11.5. The summed E-state index contributed by atoms with van der Waals surface area (Å²) in [5, 5.41) is -0.599. The Balaban J connectivity index is 3.59. The fraction of sp³-hybridized carbons (Fsp3) is 0.933. The zero-order valence-electron chi connectivity index (χ0n) is 23.9. The van der Waals surface area contributed by atoms with Crippen molar-refractivity contribution < 1.29 is 13.9 Å². The fourth-order valence-corrected chi connectivity index (χ4v) is 6.40. The molecule has 0 rings (SSSR count). The summed E-state index contributed by atoms with van der Waals surface area (Å²) in [4.78, 5) is 12.1. The van der Waals surface area contributed by atoms with Gasteiger partial charge < -0.3 is 4.89 Å². The van der Waals surface area contributed by atoms with E-state index in [1.165, 1.54) is 109 Å². The number of nitrogens with zero attached hydrogens (tertiary/aromatic N) is 1. The lowest BCUT2D eigenvalue weighted by Gasteiger charge is -2.39. The van der Waals surface area contributed by atoms with Crippen LogP contribution in [-0.2, 0) is 4.57 Å². The highest BCUT2D eigenvalue weighted by atomic mass is 31.1. The quantitative estimate of drug-likeness (QED) is 0.0544. The van der Waals surface area contributed by atoms with E-state index in [9.17, 15) is 9.46 Å². The lowest BCUT2D eigenvalue weighted by molar-refractivity contribution is -0.910. The topological polar surface area (TPSA) is 40.1 Å². The van der Waals surface area contributed by atoms with E-state index in [4.69, 9.17) is 0 Å². The SMILES string of the molecule is CCCCCCCCCCCCCCC/C=C\CCCCCCC(CCC)([P+](=O)[O-])[N+](C)(C)C. The van der Waals surface area contributed by atoms with Crippen LogP contribution in [0.5, 0.6) is 0 Å². The van der Waals surface area contributed by atoms with Gasteiger partial charge in [0.15, 0.2) is 0 Å². The predicted octanol–water partition coefficient (Wildman–Crippen LogP) is 9.67. The molecule has 0 N–H and O–H groups in total. The van der Waals surface area contributed by atoms with Crippen LogP contribution in [0.3, 0.4) is 0 Å². The first-order chi connectivity index (χ1) is 16.3. The van der Waals surface area contributed by atoms with Crippen molar-refractivity contribution in [3.05, 3.63) is 12.2 Å². The van der Waals surface area contributed by atoms with Crippen molar-refractivity contribution in [1.82, 2.24) is 0 Å². The van der Waals surface area contributed by atoms with Crippen molar-refractivity contribution in [3.8, 4) is 0 Å². The Bertz CT molecular complexity index is 501. The van der Waals surface area contributed by atoms with E-state index in [-0.39, 0.29) is 0 Å². The first kappa shape index (κ1) is 33.8. The van der Waals surface area contributed by atoms with Crippen molar-refractivity contribution >= 4 is 8.03 Å². The third-order valence-electron chi connectivity index (χ3n) is 7.58. The highest BCUT2D eigenvalue weighted by Gasteiger charge is 2.53. The van der Waals surface area contributed by atoms with E-state index in [1.54, 1.807) is 0 Å². The van der Waals surface area contributed by atoms with Crippen molar-refractivity contribution in [2.75, 3.05) is 21.1 Å². The van der Waals surface area contributed by atoms with Crippen LogP contribution in [0.4, 0.5) is 0 Å². The molecule has 0 saturated carbocycles. The summed E-state index contributed by atoms with van der Waals surface area (Å²) in [6.45, 7) is 4.38. The molecule has 3 nitrogen and oxygen atoms in total. The van der Waals surface area contributed by atoms with E-state index >= 15 is 0 Å². The van der Waals surface area contributed by atoms with E-state index in [1.807, 2.05) is 21.1 Å². The molecule has 0 aliphatic carbocycles. The van der Waals surface area contributed by atoms with Crippen LogP contribution in [0.2, 0.25) is 0 Å². The van der Waals surface area contributed by atoms with Gasteiger partial charge in [-0.05, 0) is 38.5 Å². The van der Waals surface area contributed by atoms with Gasteiger partial charge in [-0.25, -0.2) is 0 Å². The minimum absolute atomic E-state index is 0.515. The van der Waals surface area contributed by atoms with E-state index < -0.39 is 13.3 Å². The maximum atomic E-state index is 12.1. The van der Waals surface area contributed by atoms with Crippen molar-refractivity contribution in [2.45, 2.75) is 160 Å². The van der Waals surface area contributed by atoms with Gasteiger partial charge in [0.05, 0.1) is 21.1 Å². The van der Waals surface area contributed by atoms with E-state index in [2.05, 4.69) is 26.0 Å². The number of hydrogen-bond acceptors (Lipinski definition) is 2. The lowest BCUT2D eigenvalue weighted by atomic mass is 9.99. The largest absolute Gasteiger partial charge is 0.590 e. The van der Waals surface area contributed by atoms with Gasteiger partial charge >= 0.3 is 8.03 Å². The second-order valence-corrected chi connectivity index (χ2v) is 12.8. The molecule has 0 saturated heterocycles. The van der Waals surface area contributed by atoms with Gasteiger partial charge in [0.2, 0.25) is 0 Å². The van der Waals surface area contributed by atoms with Gasteiger partial charge in [-0.15, -0.1) is 0 Å². The number of hydrogen-bond donors (Lipinski definition) is 0. The summed E-state index contributed by atoms with van der Waals surface area (Å²) in [5.41, 5.74) is 0. The Labute approximate surface area is 215 Å². The average Bonchev–Trinajstić information content (AvgIpc) is 2.78. The summed E-state index contributed by atoms with van der Waals surface area (Å²) < 4.78 is 12.6. The van der Waals surface area contributed by atoms with Crippen LogP contribution in [0.15, 0.2) is 12.2 Å². The number of quaternary nitrogens is 1. The highest BCUT2D eigenvalue weighted by molar-refractivity contribution is 7.38. The molecule has 0 aromatic carbocycles. The number of rotatable bonds is 25. The molecule has 0 fully saturated rings. The normalized spacial score (nSPS) is 14.6. The zero-order valence-corrected chi connectivity index (χ0v) is 24.8. The average molecular weight is 499 g/mol. The van der Waals surface area contributed by atoms with Gasteiger partial charge in [0.25, 0.3) is 5.28 Å². The molecule has 0 aliphatic rings. The summed E-state index contributed by atoms with van der Waals surface area (Å²) >= 11 is 0. The van der Waals surface area contributed by atoms with Crippen molar-refractivity contribution in [1.29, 1.82) is 0 Å². The molecular weight excluding hydrogens is 437 g/mol. The Morgan fingerprint density at radius 1 is 0.588 bits per heavy atom. The monoisotopic (exact) mass is 498 g/mol. The number of unbranched alkanes of at least 4 members (excludes halogenated alkanes) is 17. The van der Waals surface area contributed by atoms with Crippen molar-refractivity contribution in [2.24, 2.45) is 0 Å². The molecule has 0 aliphatic heterocycles. The van der Waals surface area contributed by atoms with Crippen LogP contribution in [-0.4, -0.2) is 30.9 Å². The van der Waals surface area contributed by atoms with Crippen LogP contribution in [0, 0.1) is 0 Å². The summed E-state index contributed by atoms with van der Waals surface area (Å²) in [7, 11) is 3.66. The van der Waals surface area contributed by atoms with Gasteiger partial charge in [0.1, 0.15) is 0 Å². The summed E-state index contributed by atoms with van der Waals surface area (Å²) in [6.07, 6.45) is 32.6. The summed E-state index contributed by atoms with van der Waals surface area (Å²) in [6, 6.07) is 0. The lowest BCUT2D eigenvalue weighted by Crippen LogP contribution is -2.55. The first-order valence-electron chi connectivity index (χ1n) is 14.9. The molecule has 2 atom stereocenters. The minimum atomic E-state index is -2.43. The van der Waals surface area contributed by atoms with E-state index in [0.717, 1.165) is 32.1 Å². The Morgan fingerprint density at radius 3 is 1.32 bits per heavy atom. The summed E-state index contributed by atoms with van der Waals surface area (Å²) in [5.74, 6) is 0. The van der Waals surface area contributed by atoms with Gasteiger partial charge in [-0.2, -0.15) is 0 Å². The molecule has 0 heterocycles. The molecule has 0 spiro atoms. The van der Waals surface area contributed by atoms with Gasteiger partial charge in [-0.1, -0.05) is 120 Å². The zero-order chi connectivity index (χ0) is 25.5. The van der Waals surface area contributed by atoms with Crippen LogP contribution < -0.4 is 4.89 Å². The molecular formula is C30H61NO2P+. The molecule has 0 aromatic heterocycles. The first-order valence-corrected chi connectivity index (χ1v) is 16.1. The predicted molar refractivity (Wildman–Crippen MR) is 150 cm³/mol. The maximum absolute atomic E-state index is 12.1. The fourth-order valence-electron chi connectivity index (χ4n) is 5.16. The molecule has 0 bridgehead atoms. The standard InChI is InChI=1S/C30H61NO2P/c1-6-8-9-10-11-12-13-14-15-16-17-18-19-20-21-22-23-24-25-26-27-29-30(28-7-2,34(32)33)31(3,4)5/h21-22H,6-20,23-29H2,1-5H3/q+1/b22-21-. The molecule has 202 valence electrons. The maximum Gasteiger partial charge on any atom is 0.376 e. The highest BCUT2D eigenvalue weighted by Crippen LogP contribution is 2.45. The third-order valence-corrected chi connectivity index (χ3v) is 9.30. The Kier molecular flexibility index (Phi) is 21.8. The smallest absolute Gasteiger partial charge is 0.376 e. The third kappa shape index (κ3) is 16.4. The number of allylic oxidation sites excluding steroid dienone is 2. The molecule has 0 radical (unpaired) electrons. The molecule has 34 heavy (non-hydrogen) atoms. The molecule has 0 aromatic rings. The molecule has 4 heteroatoms. The van der Waals surface area contributed by atoms with Gasteiger partial charge in [0, 0.05) is 12.8 Å². The van der Waals surface area contributed by atoms with Crippen LogP contribution in [0.1, 0.15) is 155 Å². The Morgan fingerprint density at radius 2 is 0.971 bits per heavy atom. The van der Waals surface area contributed by atoms with Crippen LogP contribution >= 0.6 is 8.03 Å².